The fraction of sp³-hybridized carbons (Fsp3) is 0.463. The van der Waals surface area contributed by atoms with Gasteiger partial charge in [-0.1, -0.05) is 95.4 Å². The fourth-order valence-corrected chi connectivity index (χ4v) is 11.1. The molecule has 0 bridgehead atoms. The van der Waals surface area contributed by atoms with Gasteiger partial charge < -0.3 is 35.8 Å². The maximum absolute atomic E-state index is 15.1. The summed E-state index contributed by atoms with van der Waals surface area (Å²) < 4.78 is 22.6. The van der Waals surface area contributed by atoms with Crippen LogP contribution in [0.25, 0.3) is 10.4 Å². The number of nitrogens with zero attached hydrogens (tertiary/aromatic N) is 3. The lowest BCUT2D eigenvalue weighted by Gasteiger charge is -2.45. The minimum atomic E-state index is -1.27. The molecule has 2 unspecified atom stereocenters. The standard InChI is InChI=1S/C47H51ClFN7O10S2.C5H12.C2H6/c1-47(2)18-31(51-30-8-4-6-27(17-30)42-40(48)41(66-24-39(60)61)43(68-42)46(64)65)14-15-56(47)67-25-26-10-11-33(49)35(16-26)52-44(62)29-20-55(21-29)38(59)19-50-34-9-5-7-28(23-57)32(34)22-54(3)36-12-13-37(58)53-45(36)63;1-5(2,3)4;1-2/h4-11,16-17,23,29,31,36,50-51H,12-15,18-22,24-25H2,1-3H3,(H,52,62)(H,60,61)(H,64,65)(H,53,58,63);1-4H3;1-2H3. The highest BCUT2D eigenvalue weighted by Crippen LogP contribution is 2.46. The van der Waals surface area contributed by atoms with Crippen LogP contribution in [-0.4, -0.2) is 124 Å². The summed E-state index contributed by atoms with van der Waals surface area (Å²) >= 11 is 9.06. The number of anilines is 3. The van der Waals surface area contributed by atoms with Gasteiger partial charge in [0.25, 0.3) is 0 Å². The van der Waals surface area contributed by atoms with E-state index in [4.69, 9.17) is 21.4 Å². The summed E-state index contributed by atoms with van der Waals surface area (Å²) in [6.07, 6.45) is 2.85. The molecule has 3 aromatic carbocycles. The quantitative estimate of drug-likeness (QED) is 0.0292. The van der Waals surface area contributed by atoms with E-state index < -0.39 is 48.1 Å². The molecule has 0 radical (unpaired) electrons. The molecule has 3 aliphatic heterocycles. The van der Waals surface area contributed by atoms with Crippen molar-refractivity contribution in [1.82, 2.24) is 19.4 Å². The van der Waals surface area contributed by atoms with Crippen molar-refractivity contribution in [2.45, 2.75) is 111 Å². The molecule has 3 fully saturated rings. The normalized spacial score (nSPS) is 17.5. The first-order chi connectivity index (χ1) is 35.4. The number of aliphatic carboxylic acids is 1. The number of likely N-dealkylation sites (tertiary alicyclic amines) is 1. The van der Waals surface area contributed by atoms with Gasteiger partial charge in [0.15, 0.2) is 17.2 Å². The van der Waals surface area contributed by atoms with Crippen molar-refractivity contribution in [2.24, 2.45) is 11.3 Å². The highest BCUT2D eigenvalue weighted by molar-refractivity contribution is 7.96. The molecular weight excluding hydrogens is 1030 g/mol. The topological polar surface area (TPSA) is 227 Å². The Bertz CT molecular complexity index is 2720. The molecule has 1 aromatic heterocycles. The first kappa shape index (κ1) is 59.8. The van der Waals surface area contributed by atoms with Crippen molar-refractivity contribution in [1.29, 1.82) is 0 Å². The van der Waals surface area contributed by atoms with Gasteiger partial charge in [-0.15, -0.1) is 11.3 Å². The first-order valence-corrected chi connectivity index (χ1v) is 26.9. The number of rotatable bonds is 19. The van der Waals surface area contributed by atoms with Gasteiger partial charge in [0.1, 0.15) is 17.1 Å². The van der Waals surface area contributed by atoms with E-state index >= 15 is 4.39 Å². The molecule has 4 heterocycles. The van der Waals surface area contributed by atoms with Crippen molar-refractivity contribution < 1.29 is 52.9 Å². The molecule has 3 saturated heterocycles. The molecule has 75 heavy (non-hydrogen) atoms. The van der Waals surface area contributed by atoms with E-state index in [9.17, 15) is 38.7 Å². The van der Waals surface area contributed by atoms with Gasteiger partial charge in [-0.25, -0.2) is 18.3 Å². The number of carboxylic acid groups (broad SMARTS) is 2. The number of ether oxygens (including phenoxy) is 1. The second-order valence-corrected chi connectivity index (χ2v) is 22.9. The smallest absolute Gasteiger partial charge is 0.349 e. The molecule has 4 aromatic rings. The third-order valence-corrected chi connectivity index (χ3v) is 15.3. The number of carbonyl (C=O) groups is 7. The molecule has 6 N–H and O–H groups in total. The molecular formula is C54H69ClFN7O10S2. The molecule has 2 atom stereocenters. The van der Waals surface area contributed by atoms with Crippen molar-refractivity contribution in [3.05, 3.63) is 93.1 Å². The van der Waals surface area contributed by atoms with Crippen LogP contribution in [0.15, 0.2) is 60.7 Å². The first-order valence-electron chi connectivity index (χ1n) is 24.8. The van der Waals surface area contributed by atoms with E-state index in [1.807, 2.05) is 32.0 Å². The second kappa shape index (κ2) is 26.6. The highest BCUT2D eigenvalue weighted by atomic mass is 35.5. The zero-order chi connectivity index (χ0) is 55.4. The van der Waals surface area contributed by atoms with Crippen molar-refractivity contribution in [2.75, 3.05) is 55.8 Å². The largest absolute Gasteiger partial charge is 0.479 e. The van der Waals surface area contributed by atoms with Crippen LogP contribution in [0.4, 0.5) is 21.5 Å². The molecule has 0 spiro atoms. The molecule has 0 saturated carbocycles. The maximum atomic E-state index is 15.1. The second-order valence-electron chi connectivity index (χ2n) is 20.5. The Morgan fingerprint density at radius 3 is 2.35 bits per heavy atom. The Balaban J connectivity index is 0.00000140. The maximum Gasteiger partial charge on any atom is 0.349 e. The van der Waals surface area contributed by atoms with Gasteiger partial charge in [0.05, 0.1) is 29.1 Å². The van der Waals surface area contributed by atoms with E-state index in [1.54, 1.807) is 60.3 Å². The number of benzene rings is 3. The van der Waals surface area contributed by atoms with Gasteiger partial charge in [0.2, 0.25) is 23.6 Å². The number of hydrogen-bond acceptors (Lipinski definition) is 14. The van der Waals surface area contributed by atoms with Gasteiger partial charge in [0, 0.05) is 66.9 Å². The summed E-state index contributed by atoms with van der Waals surface area (Å²) in [5.41, 5.74) is 4.11. The summed E-state index contributed by atoms with van der Waals surface area (Å²) in [4.78, 5) is 89.0. The number of halogens is 2. The summed E-state index contributed by atoms with van der Waals surface area (Å²) in [6.45, 7) is 17.5. The third kappa shape index (κ3) is 16.7. The Hall–Kier alpha value is -6.06. The highest BCUT2D eigenvalue weighted by Gasteiger charge is 2.38. The number of hydrogen-bond donors (Lipinski definition) is 6. The zero-order valence-corrected chi connectivity index (χ0v) is 46.3. The van der Waals surface area contributed by atoms with Crippen LogP contribution >= 0.6 is 34.9 Å². The SMILES string of the molecule is CC.CC(C)(C)C.CN(Cc1c(C=O)cccc1NCC(=O)N1CC(C(=O)Nc2cc(CSN3CCC(Nc4cccc(-c5sc(C(=O)O)c(OCC(=O)O)c5Cl)c4)CC3(C)C)ccc2F)C1)C1CCC(=O)NC1=O. The number of thiophene rings is 1. The van der Waals surface area contributed by atoms with Crippen LogP contribution in [0.1, 0.15) is 112 Å². The number of carbonyl (C=O) groups excluding carboxylic acids is 5. The minimum Gasteiger partial charge on any atom is -0.479 e. The van der Waals surface area contributed by atoms with Gasteiger partial charge in [-0.2, -0.15) is 0 Å². The van der Waals surface area contributed by atoms with Gasteiger partial charge >= 0.3 is 11.9 Å². The fourth-order valence-electron chi connectivity index (χ4n) is 8.51. The summed E-state index contributed by atoms with van der Waals surface area (Å²) in [7, 11) is 1.73. The number of likely N-dealkylation sites (N-methyl/N-ethyl adjacent to an activating group) is 1. The Morgan fingerprint density at radius 2 is 1.71 bits per heavy atom. The van der Waals surface area contributed by atoms with E-state index in [2.05, 4.69) is 67.1 Å². The molecule has 0 aliphatic carbocycles. The van der Waals surface area contributed by atoms with E-state index in [0.29, 0.717) is 51.1 Å². The minimum absolute atomic E-state index is 0.0319. The molecule has 7 rings (SSSR count). The summed E-state index contributed by atoms with van der Waals surface area (Å²) in [6, 6.07) is 16.7. The average molecular weight is 1090 g/mol. The van der Waals surface area contributed by atoms with Crippen LogP contribution in [0.2, 0.25) is 5.02 Å². The number of aldehydes is 1. The number of nitrogens with one attached hydrogen (secondary N) is 4. The molecule has 4 amide bonds. The molecule has 3 aliphatic rings. The number of carboxylic acids is 2. The van der Waals surface area contributed by atoms with Crippen molar-refractivity contribution in [3.63, 3.8) is 0 Å². The van der Waals surface area contributed by atoms with Crippen LogP contribution in [0.5, 0.6) is 5.75 Å². The Kier molecular flexibility index (Phi) is 21.2. The third-order valence-electron chi connectivity index (χ3n) is 12.1. The lowest BCUT2D eigenvalue weighted by molar-refractivity contribution is -0.140. The van der Waals surface area contributed by atoms with Gasteiger partial charge in [-0.3, -0.25) is 34.2 Å². The monoisotopic (exact) mass is 1090 g/mol. The van der Waals surface area contributed by atoms with Crippen molar-refractivity contribution >= 4 is 93.8 Å². The number of amides is 4. The molecule has 17 nitrogen and oxygen atoms in total. The van der Waals surface area contributed by atoms with Crippen LogP contribution in [-0.2, 0) is 36.3 Å². The lowest BCUT2D eigenvalue weighted by Crippen LogP contribution is -2.55. The predicted octanol–water partition coefficient (Wildman–Crippen LogP) is 9.51. The number of piperidine rings is 2. The van der Waals surface area contributed by atoms with E-state index in [1.165, 1.54) is 11.0 Å². The van der Waals surface area contributed by atoms with E-state index in [-0.39, 0.29) is 77.3 Å². The molecule has 406 valence electrons. The van der Waals surface area contributed by atoms with Crippen molar-refractivity contribution in [3.8, 4) is 16.2 Å². The number of imide groups is 1. The summed E-state index contributed by atoms with van der Waals surface area (Å²) in [5.74, 6) is -4.70. The van der Waals surface area contributed by atoms with E-state index in [0.717, 1.165) is 42.0 Å². The lowest BCUT2D eigenvalue weighted by atomic mass is 9.89. The molecule has 21 heteroatoms. The number of aromatic carboxylic acids is 1. The Labute approximate surface area is 451 Å². The summed E-state index contributed by atoms with van der Waals surface area (Å²) in [5, 5.41) is 30.6. The van der Waals surface area contributed by atoms with Crippen LogP contribution in [0, 0.1) is 17.2 Å². The average Bonchev–Trinajstić information content (AvgIpc) is 3.66. The predicted molar refractivity (Wildman–Crippen MR) is 293 cm³/mol. The zero-order valence-electron chi connectivity index (χ0n) is 43.9. The Morgan fingerprint density at radius 1 is 1.01 bits per heavy atom. The van der Waals surface area contributed by atoms with Gasteiger partial charge in [-0.05, 0) is 92.6 Å². The van der Waals surface area contributed by atoms with Crippen LogP contribution in [0.3, 0.4) is 0 Å². The van der Waals surface area contributed by atoms with Crippen LogP contribution < -0.4 is 26.0 Å².